The van der Waals surface area contributed by atoms with E-state index in [-0.39, 0.29) is 5.82 Å². The Morgan fingerprint density at radius 1 is 1.39 bits per heavy atom. The monoisotopic (exact) mass is 339 g/mol. The number of rotatable bonds is 5. The number of nitrogens with zero attached hydrogens (tertiary/aromatic N) is 4. The van der Waals surface area contributed by atoms with Crippen LogP contribution in [0.25, 0.3) is 11.2 Å². The lowest BCUT2D eigenvalue weighted by Gasteiger charge is -2.18. The fraction of sp³-hybridized carbons (Fsp3) is 0.462. The van der Waals surface area contributed by atoms with Crippen LogP contribution < -0.4 is 5.73 Å². The maximum Gasteiger partial charge on any atom is 0.172 e. The van der Waals surface area contributed by atoms with Gasteiger partial charge in [-0.2, -0.15) is 0 Å². The Morgan fingerprint density at radius 3 is 2.83 bits per heavy atom. The summed E-state index contributed by atoms with van der Waals surface area (Å²) in [4.78, 5) is 12.5. The van der Waals surface area contributed by atoms with Crippen molar-refractivity contribution in [2.24, 2.45) is 0 Å². The number of imidazole rings is 1. The van der Waals surface area contributed by atoms with Gasteiger partial charge in [0.05, 0.1) is 6.61 Å². The molecule has 5 N–H and O–H groups in total. The van der Waals surface area contributed by atoms with Gasteiger partial charge in [0.2, 0.25) is 0 Å². The molecular weight excluding hydrogens is 322 g/mol. The lowest BCUT2D eigenvalue weighted by molar-refractivity contribution is -0.0548. The maximum absolute atomic E-state index is 10.3. The van der Waals surface area contributed by atoms with Gasteiger partial charge in [-0.25, -0.2) is 15.0 Å². The highest BCUT2D eigenvalue weighted by molar-refractivity contribution is 7.99. The minimum atomic E-state index is -1.23. The molecule has 0 aromatic carbocycles. The van der Waals surface area contributed by atoms with Crippen LogP contribution in [0, 0.1) is 0 Å². The minimum Gasteiger partial charge on any atom is -0.394 e. The zero-order valence-corrected chi connectivity index (χ0v) is 12.9. The first-order chi connectivity index (χ1) is 11.1. The summed E-state index contributed by atoms with van der Waals surface area (Å²) in [5, 5.41) is 30.0. The molecule has 0 saturated carbocycles. The van der Waals surface area contributed by atoms with Gasteiger partial charge >= 0.3 is 0 Å². The predicted octanol–water partition coefficient (Wildman–Crippen LogP) is -0.702. The van der Waals surface area contributed by atoms with E-state index in [9.17, 15) is 15.3 Å². The third kappa shape index (κ3) is 2.68. The Balaban J connectivity index is 2.11. The first-order valence-corrected chi connectivity index (χ1v) is 7.91. The Hall–Kier alpha value is -1.72. The van der Waals surface area contributed by atoms with Crippen molar-refractivity contribution in [3.8, 4) is 0 Å². The van der Waals surface area contributed by atoms with Crippen LogP contribution in [-0.2, 0) is 4.74 Å². The van der Waals surface area contributed by atoms with Crippen molar-refractivity contribution in [1.82, 2.24) is 19.5 Å². The second-order valence-corrected chi connectivity index (χ2v) is 6.01. The molecule has 0 bridgehead atoms. The lowest BCUT2D eigenvalue weighted by Crippen LogP contribution is -2.33. The maximum atomic E-state index is 10.3. The first-order valence-electron chi connectivity index (χ1n) is 6.93. The molecule has 0 radical (unpaired) electrons. The van der Waals surface area contributed by atoms with Crippen LogP contribution in [-0.4, -0.2) is 65.5 Å². The minimum absolute atomic E-state index is 0.209. The summed E-state index contributed by atoms with van der Waals surface area (Å²) in [6, 6.07) is 0. The van der Waals surface area contributed by atoms with E-state index < -0.39 is 31.1 Å². The van der Waals surface area contributed by atoms with Crippen LogP contribution in [0.4, 0.5) is 5.82 Å². The third-order valence-corrected chi connectivity index (χ3v) is 4.52. The molecule has 1 fully saturated rings. The number of nitrogen functional groups attached to an aromatic ring is 1. The van der Waals surface area contributed by atoms with Gasteiger partial charge in [-0.1, -0.05) is 17.8 Å². The second kappa shape index (κ2) is 6.42. The summed E-state index contributed by atoms with van der Waals surface area (Å²) in [5.41, 5.74) is 6.61. The molecule has 0 amide bonds. The van der Waals surface area contributed by atoms with Crippen molar-refractivity contribution in [2.45, 2.75) is 29.7 Å². The van der Waals surface area contributed by atoms with E-state index in [1.807, 2.05) is 0 Å². The Labute approximate surface area is 135 Å². The number of nitrogens with two attached hydrogens (primary N) is 1. The Bertz CT molecular complexity index is 724. The highest BCUT2D eigenvalue weighted by Crippen LogP contribution is 2.36. The van der Waals surface area contributed by atoms with Gasteiger partial charge in [-0.05, 0) is 0 Å². The van der Waals surface area contributed by atoms with E-state index in [1.165, 1.54) is 18.1 Å². The second-order valence-electron chi connectivity index (χ2n) is 5.02. The number of fused-ring (bicyclic) bond motifs is 1. The number of aliphatic hydroxyl groups excluding tert-OH is 3. The molecule has 3 heterocycles. The molecule has 1 aliphatic heterocycles. The largest absolute Gasteiger partial charge is 0.394 e. The van der Waals surface area contributed by atoms with Crippen molar-refractivity contribution in [3.63, 3.8) is 0 Å². The van der Waals surface area contributed by atoms with Crippen molar-refractivity contribution >= 4 is 28.7 Å². The lowest BCUT2D eigenvalue weighted by atomic mass is 10.1. The summed E-state index contributed by atoms with van der Waals surface area (Å²) < 4.78 is 7.14. The smallest absolute Gasteiger partial charge is 0.172 e. The van der Waals surface area contributed by atoms with Crippen molar-refractivity contribution in [2.75, 3.05) is 18.1 Å². The van der Waals surface area contributed by atoms with Gasteiger partial charge in [-0.3, -0.25) is 4.57 Å². The summed E-state index contributed by atoms with van der Waals surface area (Å²) in [7, 11) is 0. The summed E-state index contributed by atoms with van der Waals surface area (Å²) in [6.45, 7) is 3.25. The van der Waals surface area contributed by atoms with E-state index in [0.717, 1.165) is 0 Å². The topological polar surface area (TPSA) is 140 Å². The fourth-order valence-corrected chi connectivity index (χ4v) is 3.22. The number of hydrogen-bond donors (Lipinski definition) is 4. The van der Waals surface area contributed by atoms with Crippen molar-refractivity contribution < 1.29 is 20.1 Å². The van der Waals surface area contributed by atoms with E-state index in [1.54, 1.807) is 10.6 Å². The van der Waals surface area contributed by atoms with Crippen LogP contribution in [0.2, 0.25) is 0 Å². The molecule has 10 heteroatoms. The molecule has 9 nitrogen and oxygen atoms in total. The third-order valence-electron chi connectivity index (χ3n) is 3.57. The molecule has 1 saturated heterocycles. The predicted molar refractivity (Wildman–Crippen MR) is 83.7 cm³/mol. The summed E-state index contributed by atoms with van der Waals surface area (Å²) in [6.07, 6.45) is -1.26. The SMILES string of the molecule is C=CCSc1nc2c(N)ncnc2n1[C@@H]1O[C@H](CO)C(O)[C@@H]1O. The van der Waals surface area contributed by atoms with E-state index in [0.29, 0.717) is 22.1 Å². The summed E-state index contributed by atoms with van der Waals surface area (Å²) >= 11 is 1.36. The Kier molecular flexibility index (Phi) is 4.50. The molecule has 124 valence electrons. The van der Waals surface area contributed by atoms with Gasteiger partial charge in [0.25, 0.3) is 0 Å². The number of thioether (sulfide) groups is 1. The molecule has 2 aromatic heterocycles. The van der Waals surface area contributed by atoms with Crippen LogP contribution in [0.1, 0.15) is 6.23 Å². The van der Waals surface area contributed by atoms with Crippen LogP contribution in [0.15, 0.2) is 24.1 Å². The molecular formula is C13H17N5O4S. The number of ether oxygens (including phenoxy) is 1. The van der Waals surface area contributed by atoms with E-state index >= 15 is 0 Å². The van der Waals surface area contributed by atoms with E-state index in [4.69, 9.17) is 10.5 Å². The number of anilines is 1. The average molecular weight is 339 g/mol. The highest BCUT2D eigenvalue weighted by atomic mass is 32.2. The average Bonchev–Trinajstić information content (AvgIpc) is 3.05. The van der Waals surface area contributed by atoms with E-state index in [2.05, 4.69) is 21.5 Å². The molecule has 3 rings (SSSR count). The Morgan fingerprint density at radius 2 is 2.17 bits per heavy atom. The summed E-state index contributed by atoms with van der Waals surface area (Å²) in [5.74, 6) is 0.784. The molecule has 1 unspecified atom stereocenters. The molecule has 23 heavy (non-hydrogen) atoms. The van der Waals surface area contributed by atoms with Gasteiger partial charge in [0.1, 0.15) is 24.6 Å². The highest BCUT2D eigenvalue weighted by Gasteiger charge is 2.45. The van der Waals surface area contributed by atoms with Gasteiger partial charge < -0.3 is 25.8 Å². The van der Waals surface area contributed by atoms with Crippen molar-refractivity contribution in [1.29, 1.82) is 0 Å². The molecule has 2 aromatic rings. The number of aromatic nitrogens is 4. The van der Waals surface area contributed by atoms with Crippen LogP contribution >= 0.6 is 11.8 Å². The van der Waals surface area contributed by atoms with Gasteiger partial charge in [-0.15, -0.1) is 6.58 Å². The zero-order chi connectivity index (χ0) is 16.6. The zero-order valence-electron chi connectivity index (χ0n) is 12.1. The van der Waals surface area contributed by atoms with Gasteiger partial charge in [0, 0.05) is 5.75 Å². The quantitative estimate of drug-likeness (QED) is 0.411. The van der Waals surface area contributed by atoms with Crippen molar-refractivity contribution in [3.05, 3.63) is 19.0 Å². The molecule has 0 aliphatic carbocycles. The van der Waals surface area contributed by atoms with Crippen LogP contribution in [0.3, 0.4) is 0 Å². The molecule has 1 aliphatic rings. The molecule has 0 spiro atoms. The first kappa shape index (κ1) is 16.1. The van der Waals surface area contributed by atoms with Gasteiger partial charge in [0.15, 0.2) is 28.4 Å². The number of hydrogen-bond acceptors (Lipinski definition) is 9. The standard InChI is InChI=1S/C13H17N5O4S/c1-2-3-23-13-17-7-10(14)15-5-16-11(7)18(13)12-9(21)8(20)6(4-19)22-12/h2,5-6,8-9,12,19-21H,1,3-4H2,(H2,14,15,16)/t6-,8?,9+,12-/m1/s1. The molecule has 4 atom stereocenters. The van der Waals surface area contributed by atoms with Crippen LogP contribution in [0.5, 0.6) is 0 Å². The number of aliphatic hydroxyl groups is 3. The fourth-order valence-electron chi connectivity index (χ4n) is 2.46. The normalized spacial score (nSPS) is 27.6.